The van der Waals surface area contributed by atoms with Crippen molar-refractivity contribution in [3.8, 4) is 6.07 Å². The van der Waals surface area contributed by atoms with Crippen LogP contribution in [0.3, 0.4) is 0 Å². The maximum absolute atomic E-state index is 14.5. The molecule has 0 spiro atoms. The summed E-state index contributed by atoms with van der Waals surface area (Å²) in [5, 5.41) is 18.5. The molecule has 0 aliphatic rings. The number of aliphatic hydroxyl groups is 1. The second-order valence-corrected chi connectivity index (χ2v) is 6.98. The minimum atomic E-state index is -0.657. The molecule has 0 bridgehead atoms. The van der Waals surface area contributed by atoms with Gasteiger partial charge >= 0.3 is 0 Å². The van der Waals surface area contributed by atoms with Crippen LogP contribution in [0.4, 0.5) is 14.5 Å². The molecule has 0 heterocycles. The maximum Gasteiger partial charge on any atom is 0.176 e. The number of halogens is 2. The van der Waals surface area contributed by atoms with Gasteiger partial charge in [-0.3, -0.25) is 0 Å². The molecule has 0 unspecified atom stereocenters. The summed E-state index contributed by atoms with van der Waals surface area (Å²) in [6.45, 7) is 7.77. The van der Waals surface area contributed by atoms with E-state index in [1.165, 1.54) is 25.3 Å². The molecule has 30 heavy (non-hydrogen) atoms. The van der Waals surface area contributed by atoms with Crippen LogP contribution in [0.2, 0.25) is 0 Å². The van der Waals surface area contributed by atoms with Gasteiger partial charge in [-0.15, -0.1) is 0 Å². The predicted molar refractivity (Wildman–Crippen MR) is 115 cm³/mol. The molecule has 2 aromatic carbocycles. The fourth-order valence-corrected chi connectivity index (χ4v) is 2.94. The Hall–Kier alpha value is -3.59. The van der Waals surface area contributed by atoms with Gasteiger partial charge in [0.2, 0.25) is 0 Å². The van der Waals surface area contributed by atoms with Crippen LogP contribution >= 0.6 is 0 Å². The Kier molecular flexibility index (Phi) is 7.38. The monoisotopic (exact) mass is 410 g/mol. The van der Waals surface area contributed by atoms with Gasteiger partial charge in [-0.2, -0.15) is 5.26 Å². The van der Waals surface area contributed by atoms with Crippen LogP contribution in [-0.4, -0.2) is 19.3 Å². The summed E-state index contributed by atoms with van der Waals surface area (Å²) in [6.07, 6.45) is 2.37. The van der Waals surface area contributed by atoms with Gasteiger partial charge < -0.3 is 14.7 Å². The fourth-order valence-electron chi connectivity index (χ4n) is 2.94. The predicted octanol–water partition coefficient (Wildman–Crippen LogP) is 6.04. The summed E-state index contributed by atoms with van der Waals surface area (Å²) in [6, 6.07) is 10.8. The number of likely N-dealkylation sites (N-methyl/N-ethyl adjacent to an activating group) is 1. The number of rotatable bonds is 7. The van der Waals surface area contributed by atoms with Gasteiger partial charge in [-0.05, 0) is 53.0 Å². The molecule has 0 atom stereocenters. The highest BCUT2D eigenvalue weighted by atomic mass is 19.1. The van der Waals surface area contributed by atoms with Crippen molar-refractivity contribution >= 4 is 11.3 Å². The van der Waals surface area contributed by atoms with Crippen LogP contribution in [-0.2, 0) is 4.74 Å². The number of hydrogen-bond acceptors (Lipinski definition) is 4. The summed E-state index contributed by atoms with van der Waals surface area (Å²) in [4.78, 5) is 1.63. The van der Waals surface area contributed by atoms with Crippen LogP contribution in [0.25, 0.3) is 5.57 Å². The van der Waals surface area contributed by atoms with Gasteiger partial charge in [0.1, 0.15) is 24.0 Å². The van der Waals surface area contributed by atoms with E-state index in [0.29, 0.717) is 28.1 Å². The average Bonchev–Trinajstić information content (AvgIpc) is 2.72. The highest BCUT2D eigenvalue weighted by Crippen LogP contribution is 2.29. The first kappa shape index (κ1) is 22.7. The summed E-state index contributed by atoms with van der Waals surface area (Å²) in [5.41, 5.74) is 2.30. The number of nitriles is 1. The number of allylic oxidation sites excluding steroid dienone is 2. The number of ether oxygens (including phenoxy) is 1. The van der Waals surface area contributed by atoms with Crippen molar-refractivity contribution in [2.45, 2.75) is 19.8 Å². The Labute approximate surface area is 175 Å². The zero-order valence-corrected chi connectivity index (χ0v) is 17.4. The first-order valence-corrected chi connectivity index (χ1v) is 9.26. The Morgan fingerprint density at radius 2 is 1.90 bits per heavy atom. The van der Waals surface area contributed by atoms with E-state index in [9.17, 15) is 13.9 Å². The molecule has 1 N–H and O–H groups in total. The summed E-state index contributed by atoms with van der Waals surface area (Å²) < 4.78 is 33.7. The van der Waals surface area contributed by atoms with E-state index in [1.807, 2.05) is 13.8 Å². The SMILES string of the molecule is C=C(/C=C(/C(=C/O)OC)N(C)c1ccc(C(C)C)c(F)c1)c1ccc(C#N)c(F)c1. The third-order valence-corrected chi connectivity index (χ3v) is 4.72. The number of aliphatic hydroxyl groups excluding tert-OH is 1. The van der Waals surface area contributed by atoms with Crippen molar-refractivity contribution in [3.63, 3.8) is 0 Å². The fraction of sp³-hybridized carbons (Fsp3) is 0.208. The van der Waals surface area contributed by atoms with Crippen LogP contribution in [0.15, 0.2) is 66.8 Å². The molecular weight excluding hydrogens is 386 g/mol. The second-order valence-electron chi connectivity index (χ2n) is 6.98. The summed E-state index contributed by atoms with van der Waals surface area (Å²) >= 11 is 0. The van der Waals surface area contributed by atoms with E-state index < -0.39 is 5.82 Å². The lowest BCUT2D eigenvalue weighted by Gasteiger charge is -2.25. The van der Waals surface area contributed by atoms with Crippen molar-refractivity contribution in [2.24, 2.45) is 0 Å². The van der Waals surface area contributed by atoms with Gasteiger partial charge in [0, 0.05) is 12.7 Å². The highest BCUT2D eigenvalue weighted by molar-refractivity contribution is 5.75. The average molecular weight is 410 g/mol. The Balaban J connectivity index is 2.50. The maximum atomic E-state index is 14.5. The van der Waals surface area contributed by atoms with E-state index in [2.05, 4.69) is 6.58 Å². The molecule has 0 aliphatic heterocycles. The van der Waals surface area contributed by atoms with E-state index >= 15 is 0 Å². The standard InChI is InChI=1S/C24H24F2N2O2/c1-15(2)20-9-8-19(12-22(20)26)28(4)23(24(14-29)30-5)10-16(3)17-6-7-18(13-27)21(25)11-17/h6-12,14-15,29H,3H2,1-2,4-5H3/b23-10-,24-14-. The third-order valence-electron chi connectivity index (χ3n) is 4.72. The lowest BCUT2D eigenvalue weighted by Crippen LogP contribution is -2.19. The Bertz CT molecular complexity index is 1050. The molecule has 2 rings (SSSR count). The quantitative estimate of drug-likeness (QED) is 0.447. The van der Waals surface area contributed by atoms with E-state index in [0.717, 1.165) is 6.26 Å². The van der Waals surface area contributed by atoms with Gasteiger partial charge in [0.25, 0.3) is 0 Å². The molecule has 156 valence electrons. The number of hydrogen-bond donors (Lipinski definition) is 1. The molecule has 0 saturated carbocycles. The van der Waals surface area contributed by atoms with E-state index in [4.69, 9.17) is 10.00 Å². The van der Waals surface area contributed by atoms with Crippen molar-refractivity contribution in [1.29, 1.82) is 5.26 Å². The minimum absolute atomic E-state index is 0.0392. The Morgan fingerprint density at radius 1 is 1.20 bits per heavy atom. The van der Waals surface area contributed by atoms with Gasteiger partial charge in [-0.1, -0.05) is 32.6 Å². The zero-order chi connectivity index (χ0) is 22.4. The normalized spacial score (nSPS) is 11.9. The van der Waals surface area contributed by atoms with Crippen molar-refractivity contribution in [1.82, 2.24) is 0 Å². The van der Waals surface area contributed by atoms with Gasteiger partial charge in [0.05, 0.1) is 18.4 Å². The lowest BCUT2D eigenvalue weighted by atomic mass is 10.0. The van der Waals surface area contributed by atoms with Crippen molar-refractivity contribution in [3.05, 3.63) is 95.1 Å². The van der Waals surface area contributed by atoms with Crippen LogP contribution < -0.4 is 4.90 Å². The van der Waals surface area contributed by atoms with Crippen molar-refractivity contribution in [2.75, 3.05) is 19.1 Å². The molecule has 0 aliphatic carbocycles. The van der Waals surface area contributed by atoms with Crippen LogP contribution in [0, 0.1) is 23.0 Å². The van der Waals surface area contributed by atoms with Gasteiger partial charge in [-0.25, -0.2) is 8.78 Å². The summed E-state index contributed by atoms with van der Waals surface area (Å²) in [7, 11) is 3.07. The van der Waals surface area contributed by atoms with E-state index in [1.54, 1.807) is 42.3 Å². The molecule has 0 radical (unpaired) electrons. The first-order valence-electron chi connectivity index (χ1n) is 9.26. The Morgan fingerprint density at radius 3 is 2.40 bits per heavy atom. The minimum Gasteiger partial charge on any atom is -0.512 e. The molecule has 4 nitrogen and oxygen atoms in total. The number of nitrogens with zero attached hydrogens (tertiary/aromatic N) is 2. The van der Waals surface area contributed by atoms with Gasteiger partial charge in [0.15, 0.2) is 5.76 Å². The van der Waals surface area contributed by atoms with E-state index in [-0.39, 0.29) is 23.1 Å². The second kappa shape index (κ2) is 9.75. The first-order chi connectivity index (χ1) is 14.2. The van der Waals surface area contributed by atoms with Crippen LogP contribution in [0.5, 0.6) is 0 Å². The highest BCUT2D eigenvalue weighted by Gasteiger charge is 2.17. The topological polar surface area (TPSA) is 56.5 Å². The van der Waals surface area contributed by atoms with Crippen LogP contribution in [0.1, 0.15) is 36.5 Å². The molecule has 2 aromatic rings. The largest absolute Gasteiger partial charge is 0.512 e. The number of anilines is 1. The molecule has 0 fully saturated rings. The molecule has 0 saturated heterocycles. The molecule has 0 aromatic heterocycles. The third kappa shape index (κ3) is 4.87. The lowest BCUT2D eigenvalue weighted by molar-refractivity contribution is 0.278. The number of benzene rings is 2. The van der Waals surface area contributed by atoms with Crippen molar-refractivity contribution < 1.29 is 18.6 Å². The summed E-state index contributed by atoms with van der Waals surface area (Å²) in [5.74, 6) is -0.845. The molecule has 0 amide bonds. The number of methoxy groups -OCH3 is 1. The zero-order valence-electron chi connectivity index (χ0n) is 17.4. The smallest absolute Gasteiger partial charge is 0.176 e. The molecule has 6 heteroatoms. The molecular formula is C24H24F2N2O2.